The van der Waals surface area contributed by atoms with Crippen LogP contribution < -0.4 is 4.90 Å². The first-order chi connectivity index (χ1) is 15.8. The van der Waals surface area contributed by atoms with E-state index in [1.54, 1.807) is 0 Å². The van der Waals surface area contributed by atoms with E-state index in [0.29, 0.717) is 10.4 Å². The van der Waals surface area contributed by atoms with Gasteiger partial charge >= 0.3 is 13.0 Å². The molecule has 0 saturated carbocycles. The molecule has 13 heteroatoms. The number of alkyl halides is 4. The van der Waals surface area contributed by atoms with Gasteiger partial charge in [0, 0.05) is 23.5 Å². The van der Waals surface area contributed by atoms with E-state index in [-0.39, 0.29) is 40.4 Å². The average molecular weight is 462 g/mol. The van der Waals surface area contributed by atoms with Crippen LogP contribution in [0.3, 0.4) is 0 Å². The molecule has 0 radical (unpaired) electrons. The van der Waals surface area contributed by atoms with Crippen LogP contribution in [0.4, 0.5) is 27.6 Å². The molecule has 5 rings (SSSR count). The molecule has 0 fully saturated rings. The third-order valence-electron chi connectivity index (χ3n) is 4.99. The molecular weight excluding hydrogens is 451 g/mol. The molecule has 1 amide bonds. The number of aromatic nitrogens is 5. The van der Waals surface area contributed by atoms with Crippen LogP contribution >= 0.6 is 0 Å². The fraction of sp³-hybridized carbons (Fsp3) is 0.150. The molecule has 0 N–H and O–H groups in total. The van der Waals surface area contributed by atoms with Crippen LogP contribution in [0.1, 0.15) is 34.9 Å². The van der Waals surface area contributed by atoms with E-state index in [1.165, 1.54) is 23.2 Å². The van der Waals surface area contributed by atoms with Crippen LogP contribution in [0.25, 0.3) is 22.6 Å². The highest BCUT2D eigenvalue weighted by molar-refractivity contribution is 6.11. The minimum Gasteiger partial charge on any atom is -0.415 e. The lowest BCUT2D eigenvalue weighted by Crippen LogP contribution is -2.23. The number of amides is 1. The quantitative estimate of drug-likeness (QED) is 0.402. The summed E-state index contributed by atoms with van der Waals surface area (Å²) in [6.07, 6.45) is 0.543. The Kier molecular flexibility index (Phi) is 4.87. The van der Waals surface area contributed by atoms with Gasteiger partial charge in [-0.05, 0) is 24.3 Å². The SMILES string of the molecule is O=C1c2cc(-c3nnc(C(F)F)o3)cnc2CN1c1ccc(F)cc1-c1cnn(C(F)F)c1. The van der Waals surface area contributed by atoms with Gasteiger partial charge in [-0.3, -0.25) is 9.78 Å². The summed E-state index contributed by atoms with van der Waals surface area (Å²) in [7, 11) is 0. The first kappa shape index (κ1) is 20.7. The minimum atomic E-state index is -2.95. The minimum absolute atomic E-state index is 0.0161. The van der Waals surface area contributed by atoms with E-state index >= 15 is 0 Å². The second-order valence-corrected chi connectivity index (χ2v) is 7.00. The molecule has 168 valence electrons. The summed E-state index contributed by atoms with van der Waals surface area (Å²) in [5, 5.41) is 10.3. The van der Waals surface area contributed by atoms with Gasteiger partial charge in [0.2, 0.25) is 5.89 Å². The Morgan fingerprint density at radius 2 is 1.82 bits per heavy atom. The summed E-state index contributed by atoms with van der Waals surface area (Å²) in [6, 6.07) is 4.98. The molecule has 8 nitrogen and oxygen atoms in total. The van der Waals surface area contributed by atoms with E-state index in [1.807, 2.05) is 0 Å². The van der Waals surface area contributed by atoms with Crippen molar-refractivity contribution in [1.82, 2.24) is 25.0 Å². The molecule has 0 atom stereocenters. The van der Waals surface area contributed by atoms with E-state index in [4.69, 9.17) is 4.42 Å². The van der Waals surface area contributed by atoms with Gasteiger partial charge in [0.25, 0.3) is 11.8 Å². The van der Waals surface area contributed by atoms with Crippen LogP contribution in [0.5, 0.6) is 0 Å². The molecule has 3 aromatic heterocycles. The normalized spacial score (nSPS) is 13.4. The summed E-state index contributed by atoms with van der Waals surface area (Å²) in [5.41, 5.74) is 1.32. The van der Waals surface area contributed by atoms with Crippen molar-refractivity contribution < 1.29 is 31.2 Å². The van der Waals surface area contributed by atoms with Gasteiger partial charge in [-0.1, -0.05) is 0 Å². The van der Waals surface area contributed by atoms with Gasteiger partial charge in [-0.2, -0.15) is 22.7 Å². The summed E-state index contributed by atoms with van der Waals surface area (Å²) in [6.45, 7) is -2.87. The first-order valence-corrected chi connectivity index (χ1v) is 9.36. The third-order valence-corrected chi connectivity index (χ3v) is 4.99. The van der Waals surface area contributed by atoms with Crippen molar-refractivity contribution in [2.24, 2.45) is 0 Å². The Balaban J connectivity index is 1.51. The van der Waals surface area contributed by atoms with Crippen molar-refractivity contribution in [3.63, 3.8) is 0 Å². The zero-order valence-electron chi connectivity index (χ0n) is 16.3. The standard InChI is InChI=1S/C20H11F5N6O2/c21-11-1-2-15(12(4-11)10-6-27-31(7-10)20(24)25)30-8-14-13(19(30)32)3-9(5-26-14)17-28-29-18(33-17)16(22)23/h1-7,16,20H,8H2. The van der Waals surface area contributed by atoms with Gasteiger partial charge < -0.3 is 9.32 Å². The van der Waals surface area contributed by atoms with Gasteiger partial charge in [-0.25, -0.2) is 9.07 Å². The summed E-state index contributed by atoms with van der Waals surface area (Å²) >= 11 is 0. The molecule has 0 bridgehead atoms. The number of hydrogen-bond acceptors (Lipinski definition) is 6. The van der Waals surface area contributed by atoms with E-state index in [2.05, 4.69) is 20.3 Å². The van der Waals surface area contributed by atoms with Crippen molar-refractivity contribution in [2.45, 2.75) is 19.5 Å². The Morgan fingerprint density at radius 3 is 2.52 bits per heavy atom. The fourth-order valence-corrected chi connectivity index (χ4v) is 3.48. The predicted octanol–water partition coefficient (Wildman–Crippen LogP) is 4.63. The van der Waals surface area contributed by atoms with Crippen molar-refractivity contribution in [1.29, 1.82) is 0 Å². The van der Waals surface area contributed by atoms with Gasteiger partial charge in [0.15, 0.2) is 0 Å². The molecule has 0 spiro atoms. The number of rotatable bonds is 5. The van der Waals surface area contributed by atoms with Crippen molar-refractivity contribution in [3.05, 3.63) is 65.8 Å². The predicted molar refractivity (Wildman–Crippen MR) is 102 cm³/mol. The van der Waals surface area contributed by atoms with E-state index < -0.39 is 30.6 Å². The first-order valence-electron chi connectivity index (χ1n) is 9.36. The number of fused-ring (bicyclic) bond motifs is 1. The summed E-state index contributed by atoms with van der Waals surface area (Å²) in [4.78, 5) is 18.6. The van der Waals surface area contributed by atoms with Crippen LogP contribution in [-0.2, 0) is 6.54 Å². The lowest BCUT2D eigenvalue weighted by Gasteiger charge is -2.19. The van der Waals surface area contributed by atoms with Gasteiger partial charge in [-0.15, -0.1) is 10.2 Å². The number of pyridine rings is 1. The molecule has 33 heavy (non-hydrogen) atoms. The molecule has 0 unspecified atom stereocenters. The number of nitrogens with zero attached hydrogens (tertiary/aromatic N) is 6. The van der Waals surface area contributed by atoms with Crippen molar-refractivity contribution in [2.75, 3.05) is 4.90 Å². The maximum atomic E-state index is 14.0. The van der Waals surface area contributed by atoms with E-state index in [0.717, 1.165) is 24.5 Å². The summed E-state index contributed by atoms with van der Waals surface area (Å²) in [5.74, 6) is -2.23. The van der Waals surface area contributed by atoms with E-state index in [9.17, 15) is 26.7 Å². The van der Waals surface area contributed by atoms with Crippen molar-refractivity contribution >= 4 is 11.6 Å². The topological polar surface area (TPSA) is 89.9 Å². The molecule has 1 aliphatic heterocycles. The number of carbonyl (C=O) groups excluding carboxylic acids is 1. The number of benzene rings is 1. The molecule has 1 aliphatic rings. The van der Waals surface area contributed by atoms with Crippen LogP contribution in [0.2, 0.25) is 0 Å². The van der Waals surface area contributed by atoms with Crippen LogP contribution in [0, 0.1) is 5.82 Å². The third kappa shape index (κ3) is 3.60. The highest BCUT2D eigenvalue weighted by Crippen LogP contribution is 2.37. The maximum Gasteiger partial charge on any atom is 0.333 e. The second kappa shape index (κ2) is 7.76. The maximum absolute atomic E-state index is 14.0. The largest absolute Gasteiger partial charge is 0.415 e. The highest BCUT2D eigenvalue weighted by atomic mass is 19.3. The Hall–Kier alpha value is -4.16. The highest BCUT2D eigenvalue weighted by Gasteiger charge is 2.32. The average Bonchev–Trinajstić information content (AvgIpc) is 3.53. The number of halogens is 5. The molecule has 0 saturated heterocycles. The summed E-state index contributed by atoms with van der Waals surface area (Å²) < 4.78 is 70.6. The van der Waals surface area contributed by atoms with Crippen LogP contribution in [-0.4, -0.2) is 30.9 Å². The Bertz CT molecular complexity index is 1370. The monoisotopic (exact) mass is 462 g/mol. The Labute approximate surface area is 181 Å². The zero-order valence-corrected chi connectivity index (χ0v) is 16.3. The Morgan fingerprint density at radius 1 is 1.00 bits per heavy atom. The van der Waals surface area contributed by atoms with Crippen molar-refractivity contribution in [3.8, 4) is 22.6 Å². The van der Waals surface area contributed by atoms with Gasteiger partial charge in [0.05, 0.1) is 35.2 Å². The number of hydrogen-bond donors (Lipinski definition) is 0. The molecular formula is C20H11F5N6O2. The zero-order chi connectivity index (χ0) is 23.3. The fourth-order valence-electron chi connectivity index (χ4n) is 3.48. The lowest BCUT2D eigenvalue weighted by molar-refractivity contribution is 0.0566. The van der Waals surface area contributed by atoms with Gasteiger partial charge in [0.1, 0.15) is 5.82 Å². The second-order valence-electron chi connectivity index (χ2n) is 7.00. The molecule has 1 aromatic carbocycles. The van der Waals surface area contributed by atoms with Crippen LogP contribution in [0.15, 0.2) is 47.3 Å². The molecule has 4 aromatic rings. The lowest BCUT2D eigenvalue weighted by atomic mass is 10.1. The molecule has 0 aliphatic carbocycles. The number of carbonyl (C=O) groups is 1. The molecule has 4 heterocycles. The smallest absolute Gasteiger partial charge is 0.333 e. The number of anilines is 1.